The highest BCUT2D eigenvalue weighted by atomic mass is 16.6. The van der Waals surface area contributed by atoms with Crippen LogP contribution in [0.3, 0.4) is 0 Å². The van der Waals surface area contributed by atoms with Crippen molar-refractivity contribution >= 4 is 17.6 Å². The summed E-state index contributed by atoms with van der Waals surface area (Å²) in [6.45, 7) is 5.91. The van der Waals surface area contributed by atoms with E-state index in [2.05, 4.69) is 19.9 Å². The van der Waals surface area contributed by atoms with Crippen molar-refractivity contribution in [3.63, 3.8) is 0 Å². The van der Waals surface area contributed by atoms with Crippen LogP contribution in [0.25, 0.3) is 11.6 Å². The molecule has 0 saturated heterocycles. The van der Waals surface area contributed by atoms with Crippen molar-refractivity contribution in [2.75, 3.05) is 13.7 Å². The second kappa shape index (κ2) is 11.0. The topological polar surface area (TPSA) is 68.5 Å². The number of benzene rings is 3. The minimum absolute atomic E-state index is 0.222. The first-order chi connectivity index (χ1) is 15.9. The first-order valence-electron chi connectivity index (χ1n) is 10.7. The molecule has 0 aromatic heterocycles. The Morgan fingerprint density at radius 3 is 2.42 bits per heavy atom. The van der Waals surface area contributed by atoms with Crippen LogP contribution in [-0.2, 0) is 4.79 Å². The van der Waals surface area contributed by atoms with Gasteiger partial charge in [0.1, 0.15) is 5.75 Å². The number of nitriles is 1. The Kier molecular flexibility index (Phi) is 7.88. The second-order valence-electron chi connectivity index (χ2n) is 7.90. The highest BCUT2D eigenvalue weighted by Gasteiger charge is 2.14. The Morgan fingerprint density at radius 1 is 1.00 bits per heavy atom. The first-order valence-corrected chi connectivity index (χ1v) is 10.7. The maximum absolute atomic E-state index is 12.5. The normalized spacial score (nSPS) is 11.1. The van der Waals surface area contributed by atoms with Crippen molar-refractivity contribution in [3.05, 3.63) is 89.0 Å². The Bertz CT molecular complexity index is 1190. The Hall–Kier alpha value is -4.04. The number of hydrogen-bond donors (Lipinski definition) is 0. The summed E-state index contributed by atoms with van der Waals surface area (Å²) in [5.41, 5.74) is 4.19. The van der Waals surface area contributed by atoms with Crippen LogP contribution >= 0.6 is 0 Å². The molecule has 0 amide bonds. The molecule has 0 radical (unpaired) electrons. The van der Waals surface area contributed by atoms with Crippen LogP contribution in [0.2, 0.25) is 0 Å². The lowest BCUT2D eigenvalue weighted by Gasteiger charge is -2.15. The van der Waals surface area contributed by atoms with Crippen LogP contribution in [0.4, 0.5) is 0 Å². The minimum atomic E-state index is -0.533. The Balaban J connectivity index is 1.73. The SMILES string of the molecule is COc1cc(C=C(C#N)c2ccccc2)ccc1OC(=O)COc1cc(C)ccc1C(C)C. The second-order valence-corrected chi connectivity index (χ2v) is 7.90. The third-order valence-corrected chi connectivity index (χ3v) is 5.06. The summed E-state index contributed by atoms with van der Waals surface area (Å²) in [7, 11) is 1.50. The molecule has 0 N–H and O–H groups in total. The number of hydrogen-bond acceptors (Lipinski definition) is 5. The van der Waals surface area contributed by atoms with Crippen molar-refractivity contribution in [2.45, 2.75) is 26.7 Å². The molecule has 0 unspecified atom stereocenters. The summed E-state index contributed by atoms with van der Waals surface area (Å²) >= 11 is 0. The van der Waals surface area contributed by atoms with Gasteiger partial charge in [-0.1, -0.05) is 62.4 Å². The molecule has 0 spiro atoms. The van der Waals surface area contributed by atoms with Crippen LogP contribution < -0.4 is 14.2 Å². The van der Waals surface area contributed by atoms with E-state index in [0.717, 1.165) is 22.3 Å². The number of rotatable bonds is 8. The molecule has 0 bridgehead atoms. The molecule has 5 nitrogen and oxygen atoms in total. The van der Waals surface area contributed by atoms with E-state index in [4.69, 9.17) is 14.2 Å². The van der Waals surface area contributed by atoms with Gasteiger partial charge in [0, 0.05) is 0 Å². The van der Waals surface area contributed by atoms with Crippen molar-refractivity contribution in [1.29, 1.82) is 5.26 Å². The first kappa shape index (κ1) is 23.6. The standard InChI is InChI=1S/C28H27NO4/c1-19(2)24-12-10-20(3)14-26(24)32-18-28(30)33-25-13-11-21(16-27(25)31-4)15-23(17-29)22-8-6-5-7-9-22/h5-16,19H,18H2,1-4H3. The van der Waals surface area contributed by atoms with E-state index in [0.29, 0.717) is 17.1 Å². The van der Waals surface area contributed by atoms with E-state index in [9.17, 15) is 10.1 Å². The van der Waals surface area contributed by atoms with Gasteiger partial charge in [-0.15, -0.1) is 0 Å². The molecule has 3 rings (SSSR count). The third-order valence-electron chi connectivity index (χ3n) is 5.06. The predicted molar refractivity (Wildman–Crippen MR) is 129 cm³/mol. The van der Waals surface area contributed by atoms with Crippen molar-refractivity contribution < 1.29 is 19.0 Å². The number of ether oxygens (including phenoxy) is 3. The van der Waals surface area contributed by atoms with E-state index in [1.54, 1.807) is 24.3 Å². The predicted octanol–water partition coefficient (Wildman–Crippen LogP) is 6.18. The van der Waals surface area contributed by atoms with Gasteiger partial charge in [-0.3, -0.25) is 0 Å². The van der Waals surface area contributed by atoms with Gasteiger partial charge in [0.25, 0.3) is 0 Å². The van der Waals surface area contributed by atoms with Gasteiger partial charge in [0.05, 0.1) is 18.8 Å². The smallest absolute Gasteiger partial charge is 0.349 e. The fourth-order valence-corrected chi connectivity index (χ4v) is 3.36. The van der Waals surface area contributed by atoms with Crippen LogP contribution in [0.15, 0.2) is 66.7 Å². The Morgan fingerprint density at radius 2 is 1.76 bits per heavy atom. The molecule has 0 atom stereocenters. The maximum atomic E-state index is 12.5. The number of esters is 1. The lowest BCUT2D eigenvalue weighted by Crippen LogP contribution is -2.18. The monoisotopic (exact) mass is 441 g/mol. The lowest BCUT2D eigenvalue weighted by atomic mass is 10.0. The molecule has 0 aliphatic rings. The molecule has 5 heteroatoms. The molecule has 0 fully saturated rings. The van der Waals surface area contributed by atoms with Gasteiger partial charge >= 0.3 is 5.97 Å². The minimum Gasteiger partial charge on any atom is -0.493 e. The third kappa shape index (κ3) is 6.24. The highest BCUT2D eigenvalue weighted by molar-refractivity contribution is 5.90. The molecule has 0 aliphatic heterocycles. The fourth-order valence-electron chi connectivity index (χ4n) is 3.36. The average molecular weight is 442 g/mol. The largest absolute Gasteiger partial charge is 0.493 e. The van der Waals surface area contributed by atoms with Crippen molar-refractivity contribution in [1.82, 2.24) is 0 Å². The van der Waals surface area contributed by atoms with Crippen molar-refractivity contribution in [3.8, 4) is 23.3 Å². The summed E-state index contributed by atoms with van der Waals surface area (Å²) in [6, 6.07) is 22.7. The molecule has 33 heavy (non-hydrogen) atoms. The van der Waals surface area contributed by atoms with Crippen LogP contribution in [0.1, 0.15) is 42.0 Å². The zero-order chi connectivity index (χ0) is 23.8. The summed E-state index contributed by atoms with van der Waals surface area (Å²) in [6.07, 6.45) is 1.76. The summed E-state index contributed by atoms with van der Waals surface area (Å²) in [5, 5.41) is 9.53. The Labute approximate surface area is 194 Å². The summed E-state index contributed by atoms with van der Waals surface area (Å²) in [4.78, 5) is 12.5. The summed E-state index contributed by atoms with van der Waals surface area (Å²) in [5.74, 6) is 1.09. The van der Waals surface area contributed by atoms with Gasteiger partial charge in [0.2, 0.25) is 0 Å². The number of carbonyl (C=O) groups is 1. The van der Waals surface area contributed by atoms with Crippen LogP contribution in [-0.4, -0.2) is 19.7 Å². The number of carbonyl (C=O) groups excluding carboxylic acids is 1. The van der Waals surface area contributed by atoms with Crippen LogP contribution in [0, 0.1) is 18.3 Å². The van der Waals surface area contributed by atoms with E-state index in [-0.39, 0.29) is 18.3 Å². The molecule has 0 heterocycles. The van der Waals surface area contributed by atoms with Gasteiger partial charge in [0.15, 0.2) is 18.1 Å². The van der Waals surface area contributed by atoms with E-state index < -0.39 is 5.97 Å². The average Bonchev–Trinajstić information content (AvgIpc) is 2.82. The molecule has 168 valence electrons. The maximum Gasteiger partial charge on any atom is 0.349 e. The van der Waals surface area contributed by atoms with E-state index in [1.807, 2.05) is 55.5 Å². The quantitative estimate of drug-likeness (QED) is 0.181. The van der Waals surface area contributed by atoms with Gasteiger partial charge < -0.3 is 14.2 Å². The zero-order valence-electron chi connectivity index (χ0n) is 19.3. The highest BCUT2D eigenvalue weighted by Crippen LogP contribution is 2.31. The van der Waals surface area contributed by atoms with E-state index in [1.165, 1.54) is 7.11 Å². The van der Waals surface area contributed by atoms with Crippen molar-refractivity contribution in [2.24, 2.45) is 0 Å². The lowest BCUT2D eigenvalue weighted by molar-refractivity contribution is -0.136. The zero-order valence-corrected chi connectivity index (χ0v) is 19.3. The molecule has 3 aromatic carbocycles. The number of nitrogens with zero attached hydrogens (tertiary/aromatic N) is 1. The van der Waals surface area contributed by atoms with E-state index >= 15 is 0 Å². The summed E-state index contributed by atoms with van der Waals surface area (Å²) < 4.78 is 16.7. The number of allylic oxidation sites excluding steroid dienone is 1. The van der Waals surface area contributed by atoms with Gasteiger partial charge in [-0.2, -0.15) is 5.26 Å². The fraction of sp³-hybridized carbons (Fsp3) is 0.214. The molecule has 0 saturated carbocycles. The molecule has 3 aromatic rings. The molecule has 0 aliphatic carbocycles. The number of aryl methyl sites for hydroxylation is 1. The van der Waals surface area contributed by atoms with Crippen LogP contribution in [0.5, 0.6) is 17.2 Å². The van der Waals surface area contributed by atoms with Gasteiger partial charge in [-0.25, -0.2) is 4.79 Å². The molecular formula is C28H27NO4. The molecular weight excluding hydrogens is 414 g/mol. The number of methoxy groups -OCH3 is 1. The van der Waals surface area contributed by atoms with Gasteiger partial charge in [-0.05, 0) is 59.4 Å².